The van der Waals surface area contributed by atoms with E-state index in [-0.39, 0.29) is 54.1 Å². The number of sulfone groups is 1. The van der Waals surface area contributed by atoms with E-state index in [1.165, 1.54) is 28.1 Å². The van der Waals surface area contributed by atoms with E-state index in [4.69, 9.17) is 27.9 Å². The number of thiophene rings is 1. The van der Waals surface area contributed by atoms with Gasteiger partial charge in [0.25, 0.3) is 11.0 Å². The number of carbonyl (C=O) groups excluding carboxylic acids is 1. The largest absolute Gasteiger partial charge is 0.492 e. The van der Waals surface area contributed by atoms with Crippen molar-refractivity contribution >= 4 is 50.3 Å². The van der Waals surface area contributed by atoms with Gasteiger partial charge in [0, 0.05) is 24.5 Å². The van der Waals surface area contributed by atoms with Crippen molar-refractivity contribution in [2.24, 2.45) is 0 Å². The second-order valence-corrected chi connectivity index (χ2v) is 12.3. The molecule has 1 aliphatic rings. The van der Waals surface area contributed by atoms with Crippen molar-refractivity contribution in [1.82, 2.24) is 20.2 Å². The summed E-state index contributed by atoms with van der Waals surface area (Å²) in [6.07, 6.45) is 0.165. The standard InChI is InChI=1S/C23H21Cl2N5O7S2/c1-36-22-20(23(31)27-28-9-12-39(34,35)13-10-28)26-29(18-7-5-15(24)14-17(18)25)21(22)19-8-6-16(38-19)4-2-3-11-37-30(32)33/h5-8,14H,3,9-13H2,1H3,(H,27,31). The zero-order valence-corrected chi connectivity index (χ0v) is 23.5. The van der Waals surface area contributed by atoms with E-state index in [0.29, 0.717) is 26.2 Å². The van der Waals surface area contributed by atoms with Crippen LogP contribution < -0.4 is 10.2 Å². The first-order valence-corrected chi connectivity index (χ1v) is 14.7. The molecule has 3 aromatic rings. The number of nitrogens with zero attached hydrogens (tertiary/aromatic N) is 4. The van der Waals surface area contributed by atoms with Gasteiger partial charge in [-0.25, -0.2) is 18.1 Å². The molecular weight excluding hydrogens is 593 g/mol. The van der Waals surface area contributed by atoms with E-state index in [1.54, 1.807) is 30.3 Å². The van der Waals surface area contributed by atoms with Gasteiger partial charge >= 0.3 is 0 Å². The van der Waals surface area contributed by atoms with Crippen LogP contribution in [-0.4, -0.2) is 72.5 Å². The van der Waals surface area contributed by atoms with Crippen molar-refractivity contribution < 1.29 is 27.9 Å². The second-order valence-electron chi connectivity index (χ2n) is 8.09. The van der Waals surface area contributed by atoms with Crippen molar-refractivity contribution in [3.63, 3.8) is 0 Å². The third-order valence-electron chi connectivity index (χ3n) is 5.48. The zero-order valence-electron chi connectivity index (χ0n) is 20.3. The van der Waals surface area contributed by atoms with E-state index >= 15 is 0 Å². The first-order valence-electron chi connectivity index (χ1n) is 11.3. The van der Waals surface area contributed by atoms with Gasteiger partial charge in [0.2, 0.25) is 0 Å². The lowest BCUT2D eigenvalue weighted by atomic mass is 10.2. The topological polar surface area (TPSA) is 146 Å². The molecule has 16 heteroatoms. The second kappa shape index (κ2) is 12.2. The maximum atomic E-state index is 13.3. The minimum atomic E-state index is -3.13. The number of halogens is 2. The molecule has 1 amide bonds. The number of rotatable bonds is 8. The molecule has 1 saturated heterocycles. The molecule has 0 spiro atoms. The molecular formula is C23H21Cl2N5O7S2. The first-order chi connectivity index (χ1) is 18.6. The molecule has 12 nitrogen and oxygen atoms in total. The summed E-state index contributed by atoms with van der Waals surface area (Å²) in [6, 6.07) is 8.37. The molecule has 0 radical (unpaired) electrons. The Labute approximate surface area is 237 Å². The Balaban J connectivity index is 1.70. The van der Waals surface area contributed by atoms with Crippen LogP contribution in [0.5, 0.6) is 5.75 Å². The maximum absolute atomic E-state index is 13.3. The highest BCUT2D eigenvalue weighted by Gasteiger charge is 2.30. The molecule has 4 rings (SSSR count). The van der Waals surface area contributed by atoms with Crippen LogP contribution in [0.2, 0.25) is 10.0 Å². The molecule has 1 aliphatic heterocycles. The van der Waals surface area contributed by atoms with Crippen LogP contribution in [0.3, 0.4) is 0 Å². The van der Waals surface area contributed by atoms with Crippen LogP contribution in [0.15, 0.2) is 30.3 Å². The van der Waals surface area contributed by atoms with E-state index in [9.17, 15) is 23.3 Å². The fourth-order valence-electron chi connectivity index (χ4n) is 3.66. The number of hydrogen-bond acceptors (Lipinski definition) is 10. The van der Waals surface area contributed by atoms with E-state index in [2.05, 4.69) is 27.2 Å². The third kappa shape index (κ3) is 7.00. The molecule has 0 atom stereocenters. The average Bonchev–Trinajstić information content (AvgIpc) is 3.49. The van der Waals surface area contributed by atoms with Crippen molar-refractivity contribution in [2.45, 2.75) is 6.42 Å². The van der Waals surface area contributed by atoms with Crippen LogP contribution in [0.25, 0.3) is 16.3 Å². The number of nitrogens with one attached hydrogen (secondary N) is 1. The Kier molecular flexibility index (Phi) is 8.98. The molecule has 3 heterocycles. The van der Waals surface area contributed by atoms with Gasteiger partial charge in [0.15, 0.2) is 21.3 Å². The lowest BCUT2D eigenvalue weighted by Crippen LogP contribution is -2.50. The molecule has 1 N–H and O–H groups in total. The van der Waals surface area contributed by atoms with Gasteiger partial charge in [0.1, 0.15) is 12.3 Å². The third-order valence-corrected chi connectivity index (χ3v) is 8.63. The Morgan fingerprint density at radius 2 is 2.00 bits per heavy atom. The summed E-state index contributed by atoms with van der Waals surface area (Å²) in [5, 5.41) is 16.1. The lowest BCUT2D eigenvalue weighted by Gasteiger charge is -2.26. The highest BCUT2D eigenvalue weighted by atomic mass is 35.5. The highest BCUT2D eigenvalue weighted by molar-refractivity contribution is 7.91. The first kappa shape index (κ1) is 28.7. The van der Waals surface area contributed by atoms with Gasteiger partial charge in [-0.3, -0.25) is 10.2 Å². The lowest BCUT2D eigenvalue weighted by molar-refractivity contribution is -0.757. The molecule has 1 aromatic carbocycles. The van der Waals surface area contributed by atoms with Gasteiger partial charge in [-0.2, -0.15) is 5.10 Å². The van der Waals surface area contributed by atoms with Gasteiger partial charge in [-0.15, -0.1) is 21.5 Å². The number of hydrogen-bond donors (Lipinski definition) is 1. The van der Waals surface area contributed by atoms with E-state index < -0.39 is 20.8 Å². The molecule has 2 aromatic heterocycles. The minimum Gasteiger partial charge on any atom is -0.492 e. The normalized spacial score (nSPS) is 14.7. The van der Waals surface area contributed by atoms with Gasteiger partial charge in [-0.05, 0) is 30.3 Å². The van der Waals surface area contributed by atoms with Crippen LogP contribution in [0.1, 0.15) is 21.8 Å². The molecule has 0 unspecified atom stereocenters. The van der Waals surface area contributed by atoms with Crippen molar-refractivity contribution in [2.75, 3.05) is 38.3 Å². The van der Waals surface area contributed by atoms with Crippen molar-refractivity contribution in [3.05, 3.63) is 61.1 Å². The highest BCUT2D eigenvalue weighted by Crippen LogP contribution is 2.40. The van der Waals surface area contributed by atoms with E-state index in [0.717, 1.165) is 0 Å². The van der Waals surface area contributed by atoms with E-state index in [1.807, 2.05) is 0 Å². The monoisotopic (exact) mass is 613 g/mol. The number of hydrazine groups is 1. The SMILES string of the molecule is COc1c(C(=O)NN2CCS(=O)(=O)CC2)nn(-c2ccc(Cl)cc2Cl)c1-c1ccc(C#CCCO[N+](=O)[O-])s1. The zero-order chi connectivity index (χ0) is 28.2. The van der Waals surface area contributed by atoms with Crippen LogP contribution in [-0.2, 0) is 14.7 Å². The summed E-state index contributed by atoms with van der Waals surface area (Å²) in [5.41, 5.74) is 3.55. The van der Waals surface area contributed by atoms with Crippen LogP contribution in [0, 0.1) is 22.0 Å². The summed E-state index contributed by atoms with van der Waals surface area (Å²) < 4.78 is 30.6. The smallest absolute Gasteiger partial charge is 0.294 e. The summed E-state index contributed by atoms with van der Waals surface area (Å²) in [7, 11) is -1.73. The molecule has 0 bridgehead atoms. The Morgan fingerprint density at radius 3 is 2.67 bits per heavy atom. The number of amides is 1. The maximum Gasteiger partial charge on any atom is 0.294 e. The number of ether oxygens (including phenoxy) is 1. The summed E-state index contributed by atoms with van der Waals surface area (Å²) in [4.78, 5) is 29.1. The number of aromatic nitrogens is 2. The Morgan fingerprint density at radius 1 is 1.26 bits per heavy atom. The predicted molar refractivity (Wildman–Crippen MR) is 146 cm³/mol. The fourth-order valence-corrected chi connectivity index (χ4v) is 6.26. The molecule has 0 saturated carbocycles. The predicted octanol–water partition coefficient (Wildman–Crippen LogP) is 3.24. The molecule has 0 aliphatic carbocycles. The quantitative estimate of drug-likeness (QED) is 0.175. The van der Waals surface area contributed by atoms with Crippen molar-refractivity contribution in [1.29, 1.82) is 0 Å². The number of benzene rings is 1. The summed E-state index contributed by atoms with van der Waals surface area (Å²) >= 11 is 13.9. The Bertz CT molecular complexity index is 1560. The molecule has 1 fully saturated rings. The number of carbonyl (C=O) groups is 1. The van der Waals surface area contributed by atoms with Crippen LogP contribution >= 0.6 is 34.5 Å². The average molecular weight is 614 g/mol. The van der Waals surface area contributed by atoms with Gasteiger partial charge in [-0.1, -0.05) is 35.0 Å². The Hall–Kier alpha value is -3.35. The van der Waals surface area contributed by atoms with Gasteiger partial charge < -0.3 is 9.57 Å². The van der Waals surface area contributed by atoms with Gasteiger partial charge in [0.05, 0.1) is 39.1 Å². The fraction of sp³-hybridized carbons (Fsp3) is 0.304. The minimum absolute atomic E-state index is 0.0371. The molecule has 39 heavy (non-hydrogen) atoms. The van der Waals surface area contributed by atoms with Crippen LogP contribution in [0.4, 0.5) is 0 Å². The van der Waals surface area contributed by atoms with Crippen molar-refractivity contribution in [3.8, 4) is 33.8 Å². The number of methoxy groups -OCH3 is 1. The summed E-state index contributed by atoms with van der Waals surface area (Å²) in [5.74, 6) is 5.20. The molecule has 206 valence electrons. The summed E-state index contributed by atoms with van der Waals surface area (Å²) in [6.45, 7) is 0.147.